The molecule has 0 bridgehead atoms. The molecular weight excluding hydrogens is 348 g/mol. The minimum Gasteiger partial charge on any atom is -0.450 e. The van der Waals surface area contributed by atoms with Crippen molar-refractivity contribution in [3.8, 4) is 0 Å². The molecule has 9 nitrogen and oxygen atoms in total. The Hall–Kier alpha value is -2.29. The third-order valence-corrected chi connectivity index (χ3v) is 5.01. The number of hydrogen-bond acceptors (Lipinski definition) is 6. The van der Waals surface area contributed by atoms with Crippen molar-refractivity contribution >= 4 is 12.1 Å². The van der Waals surface area contributed by atoms with Crippen LogP contribution in [0.4, 0.5) is 4.79 Å². The van der Waals surface area contributed by atoms with Crippen LogP contribution in [0.3, 0.4) is 0 Å². The first kappa shape index (κ1) is 19.5. The average molecular weight is 378 g/mol. The van der Waals surface area contributed by atoms with Gasteiger partial charge in [0, 0.05) is 52.4 Å². The Bertz CT molecular complexity index is 609. The van der Waals surface area contributed by atoms with Crippen LogP contribution in [0.15, 0.2) is 21.8 Å². The van der Waals surface area contributed by atoms with E-state index in [0.29, 0.717) is 19.1 Å². The largest absolute Gasteiger partial charge is 0.450 e. The van der Waals surface area contributed by atoms with Crippen molar-refractivity contribution < 1.29 is 14.1 Å². The number of alkyl carbamates (subject to hydrolysis) is 1. The topological polar surface area (TPSA) is 95.2 Å². The lowest BCUT2D eigenvalue weighted by molar-refractivity contribution is 0.146. The second kappa shape index (κ2) is 9.59. The second-order valence-electron chi connectivity index (χ2n) is 6.99. The lowest BCUT2D eigenvalue weighted by atomic mass is 10.2. The van der Waals surface area contributed by atoms with Crippen molar-refractivity contribution in [2.24, 2.45) is 10.9 Å². The zero-order valence-corrected chi connectivity index (χ0v) is 16.2. The number of rotatable bonds is 7. The van der Waals surface area contributed by atoms with Crippen LogP contribution < -0.4 is 10.6 Å². The number of nitrogens with zero attached hydrogens (tertiary/aromatic N) is 4. The summed E-state index contributed by atoms with van der Waals surface area (Å²) in [5.41, 5.74) is 0.961. The molecule has 1 aromatic rings. The number of amides is 1. The van der Waals surface area contributed by atoms with Gasteiger partial charge >= 0.3 is 6.09 Å². The quantitative estimate of drug-likeness (QED) is 0.537. The third kappa shape index (κ3) is 5.85. The van der Waals surface area contributed by atoms with Gasteiger partial charge in [0.15, 0.2) is 5.96 Å². The Morgan fingerprint density at radius 2 is 2.19 bits per heavy atom. The van der Waals surface area contributed by atoms with Crippen molar-refractivity contribution in [2.75, 3.05) is 46.4 Å². The maximum atomic E-state index is 11.7. The van der Waals surface area contributed by atoms with Gasteiger partial charge in [0.25, 0.3) is 0 Å². The zero-order valence-electron chi connectivity index (χ0n) is 16.2. The van der Waals surface area contributed by atoms with E-state index in [1.165, 1.54) is 0 Å². The lowest BCUT2D eigenvalue weighted by Gasteiger charge is -2.36. The number of guanidine groups is 1. The molecule has 2 heterocycles. The van der Waals surface area contributed by atoms with Gasteiger partial charge in [-0.05, 0) is 25.7 Å². The molecule has 0 aromatic carbocycles. The van der Waals surface area contributed by atoms with E-state index in [2.05, 4.69) is 30.6 Å². The van der Waals surface area contributed by atoms with Crippen molar-refractivity contribution in [1.29, 1.82) is 0 Å². The monoisotopic (exact) mass is 378 g/mol. The molecule has 1 aliphatic carbocycles. The third-order valence-electron chi connectivity index (χ3n) is 5.01. The zero-order chi connectivity index (χ0) is 19.1. The number of aliphatic imine (C=N–C) groups is 1. The molecule has 3 rings (SSSR count). The fourth-order valence-electron chi connectivity index (χ4n) is 3.36. The summed E-state index contributed by atoms with van der Waals surface area (Å²) >= 11 is 0. The molecule has 1 unspecified atom stereocenters. The summed E-state index contributed by atoms with van der Waals surface area (Å²) in [6.07, 6.45) is 3.57. The normalized spacial score (nSPS) is 19.6. The minimum atomic E-state index is -0.340. The molecule has 2 aliphatic rings. The van der Waals surface area contributed by atoms with Crippen molar-refractivity contribution in [2.45, 2.75) is 32.4 Å². The molecule has 0 radical (unpaired) electrons. The molecule has 1 aliphatic heterocycles. The highest BCUT2D eigenvalue weighted by atomic mass is 16.5. The number of piperazine rings is 1. The number of carbonyl (C=O) groups is 1. The summed E-state index contributed by atoms with van der Waals surface area (Å²) < 4.78 is 9.92. The molecule has 1 saturated carbocycles. The Balaban J connectivity index is 1.44. The van der Waals surface area contributed by atoms with E-state index in [-0.39, 0.29) is 12.1 Å². The van der Waals surface area contributed by atoms with Crippen LogP contribution in [0.1, 0.15) is 25.5 Å². The molecule has 9 heteroatoms. The van der Waals surface area contributed by atoms with E-state index in [4.69, 9.17) is 9.26 Å². The molecule has 0 spiro atoms. The van der Waals surface area contributed by atoms with Gasteiger partial charge in [-0.2, -0.15) is 0 Å². The van der Waals surface area contributed by atoms with E-state index >= 15 is 0 Å². The summed E-state index contributed by atoms with van der Waals surface area (Å²) in [5.74, 6) is 1.41. The van der Waals surface area contributed by atoms with Crippen LogP contribution in [0.2, 0.25) is 0 Å². The van der Waals surface area contributed by atoms with Crippen LogP contribution in [-0.2, 0) is 11.3 Å². The SMILES string of the molecule is CCOC(=O)NC(CNC(=NC)N1CCN(Cc2ccon2)CC1)C1CC1. The first-order chi connectivity index (χ1) is 13.2. The highest BCUT2D eigenvalue weighted by molar-refractivity contribution is 5.80. The fourth-order valence-corrected chi connectivity index (χ4v) is 3.36. The molecule has 1 amide bonds. The van der Waals surface area contributed by atoms with E-state index < -0.39 is 0 Å². The molecular formula is C18H30N6O3. The maximum absolute atomic E-state index is 11.7. The molecule has 150 valence electrons. The molecule has 1 aromatic heterocycles. The second-order valence-corrected chi connectivity index (χ2v) is 6.99. The minimum absolute atomic E-state index is 0.0780. The number of aromatic nitrogens is 1. The number of hydrogen-bond donors (Lipinski definition) is 2. The van der Waals surface area contributed by atoms with Gasteiger partial charge in [0.05, 0.1) is 18.3 Å². The van der Waals surface area contributed by atoms with Gasteiger partial charge < -0.3 is 24.8 Å². The van der Waals surface area contributed by atoms with E-state index in [0.717, 1.165) is 57.2 Å². The van der Waals surface area contributed by atoms with E-state index in [1.54, 1.807) is 13.3 Å². The average Bonchev–Trinajstić information content (AvgIpc) is 3.40. The summed E-state index contributed by atoms with van der Waals surface area (Å²) in [7, 11) is 1.80. The molecule has 1 saturated heterocycles. The van der Waals surface area contributed by atoms with Gasteiger partial charge in [0.2, 0.25) is 0 Å². The standard InChI is InChI=1S/C18H30N6O3/c1-3-26-18(25)21-16(14-4-5-14)12-20-17(19-2)24-9-7-23(8-10-24)13-15-6-11-27-22-15/h6,11,14,16H,3-5,7-10,12-13H2,1-2H3,(H,19,20)(H,21,25). The van der Waals surface area contributed by atoms with E-state index in [1.807, 2.05) is 13.0 Å². The highest BCUT2D eigenvalue weighted by Crippen LogP contribution is 2.32. The maximum Gasteiger partial charge on any atom is 0.407 e. The lowest BCUT2D eigenvalue weighted by Crippen LogP contribution is -2.54. The Morgan fingerprint density at radius 1 is 1.41 bits per heavy atom. The summed E-state index contributed by atoms with van der Waals surface area (Å²) in [5, 5.41) is 10.4. The smallest absolute Gasteiger partial charge is 0.407 e. The summed E-state index contributed by atoms with van der Waals surface area (Å²) in [6, 6.07) is 1.98. The summed E-state index contributed by atoms with van der Waals surface area (Å²) in [6.45, 7) is 7.36. The number of ether oxygens (including phenoxy) is 1. The van der Waals surface area contributed by atoms with E-state index in [9.17, 15) is 4.79 Å². The van der Waals surface area contributed by atoms with Crippen LogP contribution in [-0.4, -0.2) is 79.4 Å². The van der Waals surface area contributed by atoms with Crippen molar-refractivity contribution in [3.05, 3.63) is 18.0 Å². The number of carbonyl (C=O) groups excluding carboxylic acids is 1. The van der Waals surface area contributed by atoms with Crippen molar-refractivity contribution in [1.82, 2.24) is 25.6 Å². The first-order valence-electron chi connectivity index (χ1n) is 9.70. The predicted molar refractivity (Wildman–Crippen MR) is 101 cm³/mol. The van der Waals surface area contributed by atoms with Crippen LogP contribution >= 0.6 is 0 Å². The van der Waals surface area contributed by atoms with Gasteiger partial charge in [-0.25, -0.2) is 4.79 Å². The summed E-state index contributed by atoms with van der Waals surface area (Å²) in [4.78, 5) is 20.8. The highest BCUT2D eigenvalue weighted by Gasteiger charge is 2.33. The van der Waals surface area contributed by atoms with Crippen LogP contribution in [0, 0.1) is 5.92 Å². The van der Waals surface area contributed by atoms with Gasteiger partial charge in [-0.15, -0.1) is 0 Å². The molecule has 1 atom stereocenters. The predicted octanol–water partition coefficient (Wildman–Crippen LogP) is 0.892. The first-order valence-corrected chi connectivity index (χ1v) is 9.70. The molecule has 2 fully saturated rings. The van der Waals surface area contributed by atoms with Gasteiger partial charge in [0.1, 0.15) is 6.26 Å². The van der Waals surface area contributed by atoms with Crippen LogP contribution in [0.25, 0.3) is 0 Å². The fraction of sp³-hybridized carbons (Fsp3) is 0.722. The Labute approximate surface area is 160 Å². The van der Waals surface area contributed by atoms with Crippen LogP contribution in [0.5, 0.6) is 0 Å². The van der Waals surface area contributed by atoms with Gasteiger partial charge in [-0.3, -0.25) is 9.89 Å². The number of nitrogens with one attached hydrogen (secondary N) is 2. The van der Waals surface area contributed by atoms with Crippen molar-refractivity contribution in [3.63, 3.8) is 0 Å². The Kier molecular flexibility index (Phi) is 6.92. The molecule has 2 N–H and O–H groups in total. The molecule has 27 heavy (non-hydrogen) atoms. The van der Waals surface area contributed by atoms with Gasteiger partial charge in [-0.1, -0.05) is 5.16 Å². The Morgan fingerprint density at radius 3 is 2.78 bits per heavy atom.